The van der Waals surface area contributed by atoms with E-state index in [0.29, 0.717) is 0 Å². The largest absolute Gasteiger partial charge is 1.00 e. The zero-order valence-electron chi connectivity index (χ0n) is 12.4. The topological polar surface area (TPSA) is 43.4 Å². The summed E-state index contributed by atoms with van der Waals surface area (Å²) in [6, 6.07) is 7.71. The number of hydrogen-bond acceptors (Lipinski definition) is 5. The smallest absolute Gasteiger partial charge is 0.550 e. The van der Waals surface area contributed by atoms with Gasteiger partial charge < -0.3 is 14.8 Å². The van der Waals surface area contributed by atoms with Crippen LogP contribution in [0.25, 0.3) is 0 Å². The van der Waals surface area contributed by atoms with Gasteiger partial charge in [-0.2, -0.15) is 0 Å². The normalized spacial score (nSPS) is 9.90. The van der Waals surface area contributed by atoms with Crippen molar-refractivity contribution in [2.24, 2.45) is 0 Å². The molecule has 0 aliphatic carbocycles. The third-order valence-electron chi connectivity index (χ3n) is 2.55. The number of carbonyl (C=O) groups is 1. The molecular weight excluding hydrogens is 301 g/mol. The third-order valence-corrected chi connectivity index (χ3v) is 4.36. The van der Waals surface area contributed by atoms with E-state index in [1.54, 1.807) is 0 Å². The number of anilines is 1. The molecule has 0 atom stereocenters. The van der Waals surface area contributed by atoms with Crippen molar-refractivity contribution < 1.29 is 39.5 Å². The van der Waals surface area contributed by atoms with Crippen LogP contribution in [0.3, 0.4) is 0 Å². The average Bonchev–Trinajstić information content (AvgIpc) is 2.39. The standard InChI is InChI=1S/C14H21NO2S2.Na/c1-3-18-10-15(11-19-4-2)13-7-5-12(6-8-13)9-14(16)17;/h5-8H,3-4,9-11H2,1-2H3,(H,16,17);/q;+1/p-1. The van der Waals surface area contributed by atoms with E-state index in [0.717, 1.165) is 34.5 Å². The predicted octanol–water partition coefficient (Wildman–Crippen LogP) is -0.789. The van der Waals surface area contributed by atoms with E-state index >= 15 is 0 Å². The zero-order valence-corrected chi connectivity index (χ0v) is 16.1. The molecule has 0 amide bonds. The third kappa shape index (κ3) is 7.84. The first kappa shape index (κ1) is 20.2. The Morgan fingerprint density at radius 2 is 1.60 bits per heavy atom. The van der Waals surface area contributed by atoms with Gasteiger partial charge >= 0.3 is 29.6 Å². The Labute approximate surface area is 152 Å². The molecule has 0 aliphatic rings. The number of aliphatic carboxylic acids is 1. The fourth-order valence-corrected chi connectivity index (χ4v) is 2.98. The van der Waals surface area contributed by atoms with Crippen molar-refractivity contribution in [3.63, 3.8) is 0 Å². The molecule has 1 aromatic rings. The van der Waals surface area contributed by atoms with E-state index in [-0.39, 0.29) is 36.0 Å². The van der Waals surface area contributed by atoms with Gasteiger partial charge in [-0.1, -0.05) is 26.0 Å². The fourth-order valence-electron chi connectivity index (χ4n) is 1.58. The molecule has 6 heteroatoms. The molecule has 0 fully saturated rings. The summed E-state index contributed by atoms with van der Waals surface area (Å²) in [5.74, 6) is 3.08. The second-order valence-electron chi connectivity index (χ2n) is 4.00. The first-order valence-corrected chi connectivity index (χ1v) is 8.67. The van der Waals surface area contributed by atoms with Crippen molar-refractivity contribution in [2.75, 3.05) is 28.2 Å². The maximum Gasteiger partial charge on any atom is 1.00 e. The van der Waals surface area contributed by atoms with Crippen LogP contribution >= 0.6 is 23.5 Å². The molecule has 0 N–H and O–H groups in total. The minimum Gasteiger partial charge on any atom is -0.550 e. The Morgan fingerprint density at radius 1 is 1.10 bits per heavy atom. The number of hydrogen-bond donors (Lipinski definition) is 0. The van der Waals surface area contributed by atoms with Gasteiger partial charge in [0.1, 0.15) is 0 Å². The summed E-state index contributed by atoms with van der Waals surface area (Å²) in [7, 11) is 0. The molecular formula is C14H20NNaO2S2. The Balaban J connectivity index is 0.00000361. The van der Waals surface area contributed by atoms with Crippen molar-refractivity contribution in [2.45, 2.75) is 20.3 Å². The molecule has 20 heavy (non-hydrogen) atoms. The van der Waals surface area contributed by atoms with Crippen LogP contribution in [0.5, 0.6) is 0 Å². The SMILES string of the molecule is CCSCN(CSCC)c1ccc(CC(=O)[O-])cc1.[Na+]. The van der Waals surface area contributed by atoms with Gasteiger partial charge in [-0.25, -0.2) is 0 Å². The Kier molecular flexibility index (Phi) is 11.9. The van der Waals surface area contributed by atoms with Crippen LogP contribution in [-0.4, -0.2) is 29.2 Å². The van der Waals surface area contributed by atoms with Crippen LogP contribution in [0.4, 0.5) is 5.69 Å². The molecule has 0 unspecified atom stereocenters. The van der Waals surface area contributed by atoms with Crippen LogP contribution in [0, 0.1) is 0 Å². The Morgan fingerprint density at radius 3 is 2.00 bits per heavy atom. The minimum atomic E-state index is -1.03. The number of benzene rings is 1. The van der Waals surface area contributed by atoms with Crippen molar-refractivity contribution in [3.8, 4) is 0 Å². The monoisotopic (exact) mass is 321 g/mol. The van der Waals surface area contributed by atoms with Crippen molar-refractivity contribution in [1.29, 1.82) is 0 Å². The van der Waals surface area contributed by atoms with Gasteiger partial charge in [0.15, 0.2) is 0 Å². The molecule has 3 nitrogen and oxygen atoms in total. The van der Waals surface area contributed by atoms with Crippen LogP contribution in [0.2, 0.25) is 0 Å². The molecule has 0 aromatic heterocycles. The number of carboxylic acid groups (broad SMARTS) is 1. The van der Waals surface area contributed by atoms with Crippen LogP contribution in [-0.2, 0) is 11.2 Å². The molecule has 1 aromatic carbocycles. The molecule has 1 rings (SSSR count). The molecule has 0 bridgehead atoms. The van der Waals surface area contributed by atoms with E-state index in [1.807, 2.05) is 47.8 Å². The summed E-state index contributed by atoms with van der Waals surface area (Å²) in [5, 5.41) is 10.5. The summed E-state index contributed by atoms with van der Waals surface area (Å²) in [6.07, 6.45) is -0.0201. The quantitative estimate of drug-likeness (QED) is 0.441. The van der Waals surface area contributed by atoms with Gasteiger partial charge in [-0.05, 0) is 29.2 Å². The van der Waals surface area contributed by atoms with Gasteiger partial charge in [0.05, 0.1) is 11.8 Å². The van der Waals surface area contributed by atoms with Crippen molar-refractivity contribution in [3.05, 3.63) is 29.8 Å². The van der Waals surface area contributed by atoms with E-state index in [9.17, 15) is 9.90 Å². The van der Waals surface area contributed by atoms with Gasteiger partial charge in [0, 0.05) is 18.1 Å². The maximum absolute atomic E-state index is 10.5. The van der Waals surface area contributed by atoms with E-state index in [4.69, 9.17) is 0 Å². The predicted molar refractivity (Wildman–Crippen MR) is 83.6 cm³/mol. The summed E-state index contributed by atoms with van der Waals surface area (Å²) < 4.78 is 0. The summed E-state index contributed by atoms with van der Waals surface area (Å²) in [4.78, 5) is 12.9. The Bertz CT molecular complexity index is 379. The molecule has 106 valence electrons. The molecule has 0 aliphatic heterocycles. The van der Waals surface area contributed by atoms with E-state index < -0.39 is 5.97 Å². The summed E-state index contributed by atoms with van der Waals surface area (Å²) in [6.45, 7) is 4.30. The second kappa shape index (κ2) is 11.8. The van der Waals surface area contributed by atoms with Gasteiger partial charge in [0.25, 0.3) is 0 Å². The van der Waals surface area contributed by atoms with Gasteiger partial charge in [-0.3, -0.25) is 0 Å². The zero-order chi connectivity index (χ0) is 14.1. The first-order valence-electron chi connectivity index (χ1n) is 6.36. The summed E-state index contributed by atoms with van der Waals surface area (Å²) >= 11 is 3.77. The molecule has 0 heterocycles. The second-order valence-corrected chi connectivity index (χ2v) is 6.49. The number of thioether (sulfide) groups is 2. The van der Waals surface area contributed by atoms with Crippen LogP contribution < -0.4 is 39.6 Å². The van der Waals surface area contributed by atoms with Crippen molar-refractivity contribution in [1.82, 2.24) is 0 Å². The number of nitrogens with zero attached hydrogens (tertiary/aromatic N) is 1. The maximum atomic E-state index is 10.5. The average molecular weight is 321 g/mol. The first-order chi connectivity index (χ1) is 9.17. The van der Waals surface area contributed by atoms with Crippen LogP contribution in [0.15, 0.2) is 24.3 Å². The van der Waals surface area contributed by atoms with E-state index in [2.05, 4.69) is 18.7 Å². The minimum absolute atomic E-state index is 0. The number of carbonyl (C=O) groups excluding carboxylic acids is 1. The van der Waals surface area contributed by atoms with Crippen LogP contribution in [0.1, 0.15) is 19.4 Å². The number of rotatable bonds is 9. The van der Waals surface area contributed by atoms with E-state index in [1.165, 1.54) is 0 Å². The fraction of sp³-hybridized carbons (Fsp3) is 0.500. The van der Waals surface area contributed by atoms with Crippen molar-refractivity contribution >= 4 is 35.2 Å². The Hall–Kier alpha value is 0.190. The molecule has 0 saturated carbocycles. The summed E-state index contributed by atoms with van der Waals surface area (Å²) in [5.41, 5.74) is 1.93. The number of carboxylic acids is 1. The van der Waals surface area contributed by atoms with Gasteiger partial charge in [-0.15, -0.1) is 23.5 Å². The molecule has 0 spiro atoms. The van der Waals surface area contributed by atoms with Gasteiger partial charge in [0.2, 0.25) is 0 Å². The molecule has 0 saturated heterocycles. The molecule has 0 radical (unpaired) electrons.